The Balaban J connectivity index is 0.000000167. The van der Waals surface area contributed by atoms with Gasteiger partial charge in [0.2, 0.25) is 11.8 Å². The number of hydrogen-bond donors (Lipinski definition) is 2. The fraction of sp³-hybridized carbons (Fsp3) is 0.243. The van der Waals surface area contributed by atoms with Crippen molar-refractivity contribution < 1.29 is 18.4 Å². The smallest absolute Gasteiger partial charge is 0.231 e. The van der Waals surface area contributed by atoms with E-state index in [1.54, 1.807) is 61.7 Å². The Kier molecular flexibility index (Phi) is 9.30. The number of aromatic nitrogens is 6. The molecule has 0 bridgehead atoms. The SMILES string of the molecule is C.Cc1ccncc1-c1cc2cnc(NC(=O)[C@@H]3C[C@H]3F)cc2cn1.Cc1ccncc1-c1cc2cnc(NC(=O)[C@H]3C[C@@H]3F)cc2cn1. The molecule has 6 aromatic heterocycles. The third-order valence-corrected chi connectivity index (χ3v) is 8.44. The fourth-order valence-corrected chi connectivity index (χ4v) is 5.28. The van der Waals surface area contributed by atoms with Gasteiger partial charge < -0.3 is 10.6 Å². The molecule has 8 rings (SSSR count). The predicted molar refractivity (Wildman–Crippen MR) is 185 cm³/mol. The van der Waals surface area contributed by atoms with Crippen LogP contribution >= 0.6 is 0 Å². The molecule has 2 amide bonds. The lowest BCUT2D eigenvalue weighted by molar-refractivity contribution is -0.118. The fourth-order valence-electron chi connectivity index (χ4n) is 5.28. The molecule has 6 aromatic rings. The van der Waals surface area contributed by atoms with E-state index in [-0.39, 0.29) is 19.2 Å². The molecule has 12 heteroatoms. The number of nitrogens with zero attached hydrogens (tertiary/aromatic N) is 6. The van der Waals surface area contributed by atoms with Crippen molar-refractivity contribution in [3.63, 3.8) is 0 Å². The van der Waals surface area contributed by atoms with E-state index in [0.29, 0.717) is 24.5 Å². The quantitative estimate of drug-likeness (QED) is 0.191. The molecule has 2 aliphatic rings. The molecule has 49 heavy (non-hydrogen) atoms. The van der Waals surface area contributed by atoms with Crippen LogP contribution in [0.2, 0.25) is 0 Å². The van der Waals surface area contributed by atoms with Gasteiger partial charge in [0.05, 0.1) is 23.2 Å². The van der Waals surface area contributed by atoms with Crippen molar-refractivity contribution >= 4 is 45.0 Å². The van der Waals surface area contributed by atoms with Crippen molar-refractivity contribution in [3.05, 3.63) is 97.1 Å². The number of nitrogens with one attached hydrogen (secondary N) is 2. The van der Waals surface area contributed by atoms with E-state index in [4.69, 9.17) is 0 Å². The molecule has 0 aliphatic heterocycles. The maximum absolute atomic E-state index is 12.9. The highest BCUT2D eigenvalue weighted by Crippen LogP contribution is 2.36. The first-order valence-corrected chi connectivity index (χ1v) is 15.5. The number of hydrogen-bond acceptors (Lipinski definition) is 8. The highest BCUT2D eigenvalue weighted by Gasteiger charge is 2.44. The topological polar surface area (TPSA) is 136 Å². The van der Waals surface area contributed by atoms with Crippen LogP contribution in [0.1, 0.15) is 31.4 Å². The molecule has 0 aromatic carbocycles. The van der Waals surface area contributed by atoms with Crippen molar-refractivity contribution in [2.24, 2.45) is 11.8 Å². The largest absolute Gasteiger partial charge is 0.310 e. The van der Waals surface area contributed by atoms with E-state index in [2.05, 4.69) is 40.5 Å². The van der Waals surface area contributed by atoms with Gasteiger partial charge in [-0.1, -0.05) is 7.43 Å². The normalized spacial score (nSPS) is 18.9. The number of carbonyl (C=O) groups is 2. The Morgan fingerprint density at radius 2 is 0.980 bits per heavy atom. The van der Waals surface area contributed by atoms with Crippen LogP contribution in [0.15, 0.2) is 86.0 Å². The summed E-state index contributed by atoms with van der Waals surface area (Å²) >= 11 is 0. The van der Waals surface area contributed by atoms with Gasteiger partial charge in [-0.3, -0.25) is 29.5 Å². The van der Waals surface area contributed by atoms with Crippen LogP contribution in [0.25, 0.3) is 44.1 Å². The van der Waals surface area contributed by atoms with Crippen LogP contribution in [0, 0.1) is 25.7 Å². The molecule has 0 radical (unpaired) electrons. The second-order valence-corrected chi connectivity index (χ2v) is 12.0. The minimum absolute atomic E-state index is 0. The lowest BCUT2D eigenvalue weighted by Gasteiger charge is -2.07. The molecule has 0 unspecified atom stereocenters. The van der Waals surface area contributed by atoms with Crippen molar-refractivity contribution in [3.8, 4) is 22.5 Å². The first-order valence-electron chi connectivity index (χ1n) is 15.5. The zero-order valence-corrected chi connectivity index (χ0v) is 26.1. The molecule has 0 saturated heterocycles. The van der Waals surface area contributed by atoms with Gasteiger partial charge in [-0.2, -0.15) is 0 Å². The summed E-state index contributed by atoms with van der Waals surface area (Å²) in [5.74, 6) is -0.861. The van der Waals surface area contributed by atoms with Crippen molar-refractivity contribution in [2.45, 2.75) is 46.5 Å². The zero-order chi connectivity index (χ0) is 33.4. The number of halogens is 2. The molecule has 4 atom stereocenters. The van der Waals surface area contributed by atoms with Gasteiger partial charge in [0, 0.05) is 82.2 Å². The van der Waals surface area contributed by atoms with E-state index in [9.17, 15) is 18.4 Å². The van der Waals surface area contributed by atoms with Crippen LogP contribution in [0.4, 0.5) is 20.4 Å². The summed E-state index contributed by atoms with van der Waals surface area (Å²) in [4.78, 5) is 49.3. The summed E-state index contributed by atoms with van der Waals surface area (Å²) in [6.45, 7) is 4.02. The molecular formula is C37H34F2N8O2. The van der Waals surface area contributed by atoms with Crippen molar-refractivity contribution in [2.75, 3.05) is 10.6 Å². The zero-order valence-electron chi connectivity index (χ0n) is 26.1. The number of fused-ring (bicyclic) bond motifs is 2. The Labute approximate surface area is 281 Å². The third kappa shape index (κ3) is 7.38. The summed E-state index contributed by atoms with van der Waals surface area (Å²) in [6, 6.07) is 11.3. The third-order valence-electron chi connectivity index (χ3n) is 8.44. The number of anilines is 2. The summed E-state index contributed by atoms with van der Waals surface area (Å²) in [6.07, 6.45) is 12.5. The standard InChI is InChI=1S/2C18H15FN4O.CH4/c2*1-10-2-3-20-9-14(10)16-4-11-8-22-17(5-12(11)7-21-16)23-18(24)13-6-15(13)19;/h2*2-5,7-9,13,15H,6H2,1H3,(H,22,23,24);1H4/t2*13-,15-;/m10./s1. The average molecular weight is 661 g/mol. The highest BCUT2D eigenvalue weighted by molar-refractivity contribution is 5.97. The Morgan fingerprint density at radius 1 is 0.612 bits per heavy atom. The van der Waals surface area contributed by atoms with Crippen LogP contribution in [0.3, 0.4) is 0 Å². The first-order chi connectivity index (χ1) is 23.2. The molecule has 0 spiro atoms. The van der Waals surface area contributed by atoms with Gasteiger partial charge >= 0.3 is 0 Å². The minimum Gasteiger partial charge on any atom is -0.310 e. The monoisotopic (exact) mass is 660 g/mol. The van der Waals surface area contributed by atoms with E-state index in [1.165, 1.54) is 0 Å². The van der Waals surface area contributed by atoms with E-state index >= 15 is 0 Å². The maximum atomic E-state index is 12.9. The second-order valence-electron chi connectivity index (χ2n) is 12.0. The summed E-state index contributed by atoms with van der Waals surface area (Å²) in [5, 5.41) is 8.85. The minimum atomic E-state index is -1.02. The number of carbonyl (C=O) groups excluding carboxylic acids is 2. The molecule has 2 fully saturated rings. The van der Waals surface area contributed by atoms with Gasteiger partial charge in [-0.05, 0) is 74.2 Å². The second kappa shape index (κ2) is 13.8. The van der Waals surface area contributed by atoms with Crippen LogP contribution < -0.4 is 10.6 Å². The molecule has 2 aliphatic carbocycles. The number of pyridine rings is 6. The van der Waals surface area contributed by atoms with Gasteiger partial charge in [-0.25, -0.2) is 18.7 Å². The number of aryl methyl sites for hydroxylation is 2. The lowest BCUT2D eigenvalue weighted by atomic mass is 10.1. The van der Waals surface area contributed by atoms with Gasteiger partial charge in [-0.15, -0.1) is 0 Å². The number of alkyl halides is 2. The van der Waals surface area contributed by atoms with E-state index < -0.39 is 24.2 Å². The molecular weight excluding hydrogens is 626 g/mol. The van der Waals surface area contributed by atoms with Crippen LogP contribution in [-0.4, -0.2) is 54.1 Å². The van der Waals surface area contributed by atoms with Crippen molar-refractivity contribution in [1.82, 2.24) is 29.9 Å². The van der Waals surface area contributed by atoms with Crippen LogP contribution in [0.5, 0.6) is 0 Å². The lowest BCUT2D eigenvalue weighted by Crippen LogP contribution is -2.15. The van der Waals surface area contributed by atoms with Crippen molar-refractivity contribution in [1.29, 1.82) is 0 Å². The molecule has 2 N–H and O–H groups in total. The van der Waals surface area contributed by atoms with Gasteiger partial charge in [0.15, 0.2) is 0 Å². The Morgan fingerprint density at radius 3 is 1.35 bits per heavy atom. The number of amides is 2. The van der Waals surface area contributed by atoms with Crippen LogP contribution in [-0.2, 0) is 9.59 Å². The average Bonchev–Trinajstić information content (AvgIpc) is 4.02. The predicted octanol–water partition coefficient (Wildman–Crippen LogP) is 7.23. The van der Waals surface area contributed by atoms with Gasteiger partial charge in [0.25, 0.3) is 0 Å². The maximum Gasteiger partial charge on any atom is 0.231 e. The van der Waals surface area contributed by atoms with Gasteiger partial charge in [0.1, 0.15) is 24.0 Å². The van der Waals surface area contributed by atoms with E-state index in [1.807, 2.05) is 38.1 Å². The Hall–Kier alpha value is -5.78. The molecule has 248 valence electrons. The van der Waals surface area contributed by atoms with E-state index in [0.717, 1.165) is 55.2 Å². The molecule has 6 heterocycles. The summed E-state index contributed by atoms with van der Waals surface area (Å²) < 4.78 is 25.8. The Bertz CT molecular complexity index is 2040. The number of rotatable bonds is 6. The summed E-state index contributed by atoms with van der Waals surface area (Å²) in [7, 11) is 0. The first kappa shape index (κ1) is 33.1. The molecule has 2 saturated carbocycles. The summed E-state index contributed by atoms with van der Waals surface area (Å²) in [5.41, 5.74) is 5.78. The molecule has 10 nitrogen and oxygen atoms in total. The highest BCUT2D eigenvalue weighted by atomic mass is 19.1.